The van der Waals surface area contributed by atoms with E-state index in [0.717, 1.165) is 11.6 Å². The SMILES string of the molecule is CN(Cc1cnc(N(C)C)nc1)Cc1cccc(C(F)(F)F)c1. The van der Waals surface area contributed by atoms with E-state index in [1.807, 2.05) is 26.0 Å². The Morgan fingerprint density at radius 2 is 1.57 bits per heavy atom. The van der Waals surface area contributed by atoms with Crippen LogP contribution >= 0.6 is 0 Å². The van der Waals surface area contributed by atoms with Crippen LogP contribution in [0.15, 0.2) is 36.7 Å². The highest BCUT2D eigenvalue weighted by molar-refractivity contribution is 5.27. The van der Waals surface area contributed by atoms with Crippen molar-refractivity contribution in [2.75, 3.05) is 26.0 Å². The van der Waals surface area contributed by atoms with Crippen LogP contribution in [0.4, 0.5) is 19.1 Å². The number of benzene rings is 1. The molecule has 4 nitrogen and oxygen atoms in total. The van der Waals surface area contributed by atoms with Gasteiger partial charge in [-0.15, -0.1) is 0 Å². The summed E-state index contributed by atoms with van der Waals surface area (Å²) in [7, 11) is 5.56. The van der Waals surface area contributed by atoms with Crippen LogP contribution in [0.2, 0.25) is 0 Å². The second kappa shape index (κ2) is 6.95. The molecule has 2 rings (SSSR count). The molecule has 0 radical (unpaired) electrons. The highest BCUT2D eigenvalue weighted by atomic mass is 19.4. The monoisotopic (exact) mass is 324 g/mol. The van der Waals surface area contributed by atoms with E-state index < -0.39 is 11.7 Å². The van der Waals surface area contributed by atoms with Gasteiger partial charge in [0.1, 0.15) is 0 Å². The number of rotatable bonds is 5. The smallest absolute Gasteiger partial charge is 0.347 e. The molecule has 0 atom stereocenters. The maximum absolute atomic E-state index is 12.7. The fraction of sp³-hybridized carbons (Fsp3) is 0.375. The summed E-state index contributed by atoms with van der Waals surface area (Å²) in [4.78, 5) is 12.2. The summed E-state index contributed by atoms with van der Waals surface area (Å²) in [5.74, 6) is 0.620. The van der Waals surface area contributed by atoms with Crippen LogP contribution in [0, 0.1) is 0 Å². The quantitative estimate of drug-likeness (QED) is 0.845. The Labute approximate surface area is 133 Å². The Morgan fingerprint density at radius 1 is 0.957 bits per heavy atom. The lowest BCUT2D eigenvalue weighted by atomic mass is 10.1. The molecule has 0 amide bonds. The van der Waals surface area contributed by atoms with Crippen molar-refractivity contribution in [3.63, 3.8) is 0 Å². The molecular formula is C16H19F3N4. The van der Waals surface area contributed by atoms with E-state index in [9.17, 15) is 13.2 Å². The van der Waals surface area contributed by atoms with Gasteiger partial charge in [-0.2, -0.15) is 13.2 Å². The highest BCUT2D eigenvalue weighted by Gasteiger charge is 2.30. The molecule has 1 heterocycles. The van der Waals surface area contributed by atoms with Crippen LogP contribution < -0.4 is 4.90 Å². The van der Waals surface area contributed by atoms with Gasteiger partial charge in [-0.25, -0.2) is 9.97 Å². The first-order valence-corrected chi connectivity index (χ1v) is 7.08. The van der Waals surface area contributed by atoms with Gasteiger partial charge >= 0.3 is 6.18 Å². The number of halogens is 3. The molecule has 23 heavy (non-hydrogen) atoms. The molecule has 0 unspecified atom stereocenters. The van der Waals surface area contributed by atoms with Gasteiger partial charge in [-0.1, -0.05) is 18.2 Å². The summed E-state index contributed by atoms with van der Waals surface area (Å²) < 4.78 is 38.2. The van der Waals surface area contributed by atoms with Crippen molar-refractivity contribution in [3.05, 3.63) is 53.3 Å². The van der Waals surface area contributed by atoms with Crippen LogP contribution in [0.25, 0.3) is 0 Å². The van der Waals surface area contributed by atoms with Gasteiger partial charge in [0.05, 0.1) is 5.56 Å². The second-order valence-corrected chi connectivity index (χ2v) is 5.66. The maximum atomic E-state index is 12.7. The Morgan fingerprint density at radius 3 is 2.13 bits per heavy atom. The average molecular weight is 324 g/mol. The summed E-state index contributed by atoms with van der Waals surface area (Å²) in [5, 5.41) is 0. The summed E-state index contributed by atoms with van der Waals surface area (Å²) in [6.45, 7) is 0.976. The lowest BCUT2D eigenvalue weighted by Gasteiger charge is -2.18. The summed E-state index contributed by atoms with van der Waals surface area (Å²) in [5.41, 5.74) is 0.903. The van der Waals surface area contributed by atoms with Crippen LogP contribution in [0.3, 0.4) is 0 Å². The van der Waals surface area contributed by atoms with Gasteiger partial charge in [0.15, 0.2) is 0 Å². The highest BCUT2D eigenvalue weighted by Crippen LogP contribution is 2.29. The number of hydrogen-bond acceptors (Lipinski definition) is 4. The lowest BCUT2D eigenvalue weighted by Crippen LogP contribution is -2.19. The van der Waals surface area contributed by atoms with Crippen molar-refractivity contribution in [1.82, 2.24) is 14.9 Å². The Kier molecular flexibility index (Phi) is 5.20. The number of anilines is 1. The maximum Gasteiger partial charge on any atom is 0.416 e. The van der Waals surface area contributed by atoms with Crippen molar-refractivity contribution in [2.24, 2.45) is 0 Å². The second-order valence-electron chi connectivity index (χ2n) is 5.66. The summed E-state index contributed by atoms with van der Waals surface area (Å²) in [6.07, 6.45) is -0.861. The minimum atomic E-state index is -4.32. The molecule has 0 aliphatic carbocycles. The third kappa shape index (κ3) is 4.92. The number of hydrogen-bond donors (Lipinski definition) is 0. The van der Waals surface area contributed by atoms with E-state index >= 15 is 0 Å². The van der Waals surface area contributed by atoms with Gasteiger partial charge in [0.2, 0.25) is 5.95 Å². The molecule has 0 saturated heterocycles. The standard InChI is InChI=1S/C16H19F3N4/c1-22(2)15-20-8-13(9-21-15)11-23(3)10-12-5-4-6-14(7-12)16(17,18)19/h4-9H,10-11H2,1-3H3. The Hall–Kier alpha value is -2.15. The van der Waals surface area contributed by atoms with E-state index in [-0.39, 0.29) is 0 Å². The summed E-state index contributed by atoms with van der Waals surface area (Å²) >= 11 is 0. The van der Waals surface area contributed by atoms with Gasteiger partial charge in [-0.3, -0.25) is 4.90 Å². The van der Waals surface area contributed by atoms with E-state index in [1.165, 1.54) is 12.1 Å². The van der Waals surface area contributed by atoms with Crippen molar-refractivity contribution >= 4 is 5.95 Å². The third-order valence-corrected chi connectivity index (χ3v) is 3.25. The molecule has 0 bridgehead atoms. The zero-order valence-corrected chi connectivity index (χ0v) is 13.3. The average Bonchev–Trinajstić information content (AvgIpc) is 2.47. The molecule has 7 heteroatoms. The predicted molar refractivity (Wildman–Crippen MR) is 83.0 cm³/mol. The van der Waals surface area contributed by atoms with Crippen LogP contribution in [-0.4, -0.2) is 36.0 Å². The topological polar surface area (TPSA) is 32.3 Å². The van der Waals surface area contributed by atoms with Crippen LogP contribution in [0.5, 0.6) is 0 Å². The largest absolute Gasteiger partial charge is 0.416 e. The summed E-state index contributed by atoms with van der Waals surface area (Å²) in [6, 6.07) is 5.39. The van der Waals surface area contributed by atoms with E-state index in [4.69, 9.17) is 0 Å². The van der Waals surface area contributed by atoms with Crippen molar-refractivity contribution < 1.29 is 13.2 Å². The Bertz CT molecular complexity index is 639. The zero-order chi connectivity index (χ0) is 17.0. The minimum Gasteiger partial charge on any atom is -0.347 e. The Balaban J connectivity index is 2.00. The molecule has 0 N–H and O–H groups in total. The lowest BCUT2D eigenvalue weighted by molar-refractivity contribution is -0.137. The predicted octanol–water partition coefficient (Wildman–Crippen LogP) is 3.19. The molecule has 0 aliphatic rings. The zero-order valence-electron chi connectivity index (χ0n) is 13.3. The first-order valence-electron chi connectivity index (χ1n) is 7.08. The first kappa shape index (κ1) is 17.2. The third-order valence-electron chi connectivity index (χ3n) is 3.25. The molecular weight excluding hydrogens is 305 g/mol. The minimum absolute atomic E-state index is 0.416. The van der Waals surface area contributed by atoms with Crippen molar-refractivity contribution in [1.29, 1.82) is 0 Å². The first-order chi connectivity index (χ1) is 10.8. The van der Waals surface area contributed by atoms with Crippen molar-refractivity contribution in [2.45, 2.75) is 19.3 Å². The molecule has 0 fully saturated rings. The molecule has 124 valence electrons. The van der Waals surface area contributed by atoms with Gasteiger partial charge in [0.25, 0.3) is 0 Å². The molecule has 1 aromatic heterocycles. The molecule has 0 aliphatic heterocycles. The van der Waals surface area contributed by atoms with Crippen molar-refractivity contribution in [3.8, 4) is 0 Å². The van der Waals surface area contributed by atoms with Gasteiger partial charge in [-0.05, 0) is 18.7 Å². The van der Waals surface area contributed by atoms with Gasteiger partial charge < -0.3 is 4.90 Å². The number of nitrogens with zero attached hydrogens (tertiary/aromatic N) is 4. The van der Waals surface area contributed by atoms with Crippen LogP contribution in [-0.2, 0) is 19.3 Å². The molecule has 2 aromatic rings. The van der Waals surface area contributed by atoms with Crippen LogP contribution in [0.1, 0.15) is 16.7 Å². The van der Waals surface area contributed by atoms with E-state index in [1.54, 1.807) is 23.4 Å². The fourth-order valence-electron chi connectivity index (χ4n) is 2.19. The van der Waals surface area contributed by atoms with E-state index in [2.05, 4.69) is 9.97 Å². The van der Waals surface area contributed by atoms with Gasteiger partial charge in [0, 0.05) is 45.1 Å². The molecule has 0 saturated carbocycles. The fourth-order valence-corrected chi connectivity index (χ4v) is 2.19. The number of alkyl halides is 3. The van der Waals surface area contributed by atoms with E-state index in [0.29, 0.717) is 24.6 Å². The number of aromatic nitrogens is 2. The molecule has 1 aromatic carbocycles. The normalized spacial score (nSPS) is 11.8. The molecule has 0 spiro atoms.